The minimum absolute atomic E-state index is 0.167. The van der Waals surface area contributed by atoms with Crippen LogP contribution in [0, 0.1) is 6.92 Å². The number of halogens is 2. The van der Waals surface area contributed by atoms with Crippen LogP contribution in [-0.4, -0.2) is 10.1 Å². The Balaban J connectivity index is 1.72. The summed E-state index contributed by atoms with van der Waals surface area (Å²) in [6.07, 6.45) is 0. The molecule has 0 fully saturated rings. The van der Waals surface area contributed by atoms with Gasteiger partial charge in [-0.05, 0) is 31.2 Å². The van der Waals surface area contributed by atoms with E-state index in [0.29, 0.717) is 22.5 Å². The molecular weight excluding hydrogens is 368 g/mol. The van der Waals surface area contributed by atoms with E-state index in [9.17, 15) is 0 Å². The Morgan fingerprint density at radius 1 is 1.23 bits per heavy atom. The lowest BCUT2D eigenvalue weighted by molar-refractivity contribution is 0.243. The third kappa shape index (κ3) is 3.48. The molecule has 0 spiro atoms. The molecule has 0 aliphatic carbocycles. The molecule has 112 valence electrons. The van der Waals surface area contributed by atoms with Crippen molar-refractivity contribution < 1.29 is 9.26 Å². The second kappa shape index (κ2) is 6.50. The van der Waals surface area contributed by atoms with Gasteiger partial charge in [-0.2, -0.15) is 4.98 Å². The molecule has 0 bridgehead atoms. The van der Waals surface area contributed by atoms with Crippen molar-refractivity contribution in [2.75, 3.05) is 0 Å². The third-order valence-electron chi connectivity index (χ3n) is 2.99. The highest BCUT2D eigenvalue weighted by atomic mass is 79.9. The summed E-state index contributed by atoms with van der Waals surface area (Å²) in [6, 6.07) is 13.3. The van der Waals surface area contributed by atoms with E-state index in [1.807, 2.05) is 37.3 Å². The van der Waals surface area contributed by atoms with E-state index >= 15 is 0 Å². The highest BCUT2D eigenvalue weighted by molar-refractivity contribution is 9.10. The van der Waals surface area contributed by atoms with E-state index in [1.54, 1.807) is 12.1 Å². The van der Waals surface area contributed by atoms with E-state index < -0.39 is 0 Å². The number of aryl methyl sites for hydroxylation is 1. The topological polar surface area (TPSA) is 48.2 Å². The number of ether oxygens (including phenoxy) is 1. The van der Waals surface area contributed by atoms with Gasteiger partial charge in [-0.15, -0.1) is 0 Å². The van der Waals surface area contributed by atoms with Gasteiger partial charge in [-0.1, -0.05) is 56.5 Å². The lowest BCUT2D eigenvalue weighted by Crippen LogP contribution is -1.96. The molecule has 0 aliphatic rings. The molecule has 4 nitrogen and oxygen atoms in total. The third-order valence-corrected chi connectivity index (χ3v) is 3.78. The van der Waals surface area contributed by atoms with Crippen molar-refractivity contribution in [2.45, 2.75) is 13.5 Å². The molecule has 3 aromatic rings. The predicted octanol–water partition coefficient (Wildman–Crippen LogP) is 5.04. The van der Waals surface area contributed by atoms with Crippen LogP contribution in [0.4, 0.5) is 0 Å². The monoisotopic (exact) mass is 378 g/mol. The largest absolute Gasteiger partial charge is 0.482 e. The maximum absolute atomic E-state index is 6.09. The zero-order chi connectivity index (χ0) is 15.5. The van der Waals surface area contributed by atoms with Gasteiger partial charge in [0.05, 0.1) is 5.02 Å². The lowest BCUT2D eigenvalue weighted by atomic mass is 10.1. The summed E-state index contributed by atoms with van der Waals surface area (Å²) in [5, 5.41) is 4.49. The molecule has 0 saturated carbocycles. The number of aromatic nitrogens is 2. The van der Waals surface area contributed by atoms with Gasteiger partial charge in [0.2, 0.25) is 5.82 Å². The first kappa shape index (κ1) is 15.1. The Morgan fingerprint density at radius 3 is 2.86 bits per heavy atom. The number of rotatable bonds is 4. The molecule has 0 radical (unpaired) electrons. The van der Waals surface area contributed by atoms with E-state index in [4.69, 9.17) is 20.9 Å². The molecule has 0 unspecified atom stereocenters. The number of hydrogen-bond acceptors (Lipinski definition) is 4. The van der Waals surface area contributed by atoms with Crippen molar-refractivity contribution in [1.29, 1.82) is 0 Å². The first-order valence-electron chi connectivity index (χ1n) is 6.59. The lowest BCUT2D eigenvalue weighted by Gasteiger charge is -2.05. The fraction of sp³-hybridized carbons (Fsp3) is 0.125. The van der Waals surface area contributed by atoms with Crippen LogP contribution in [0.15, 0.2) is 51.5 Å². The van der Waals surface area contributed by atoms with Crippen LogP contribution in [-0.2, 0) is 6.61 Å². The quantitative estimate of drug-likeness (QED) is 0.637. The van der Waals surface area contributed by atoms with Gasteiger partial charge in [0.15, 0.2) is 6.61 Å². The van der Waals surface area contributed by atoms with Crippen molar-refractivity contribution in [3.8, 4) is 17.1 Å². The first-order chi connectivity index (χ1) is 10.6. The zero-order valence-electron chi connectivity index (χ0n) is 11.7. The zero-order valence-corrected chi connectivity index (χ0v) is 14.1. The number of benzene rings is 2. The van der Waals surface area contributed by atoms with Gasteiger partial charge in [-0.25, -0.2) is 0 Å². The summed E-state index contributed by atoms with van der Waals surface area (Å²) in [6.45, 7) is 2.18. The summed E-state index contributed by atoms with van der Waals surface area (Å²) in [5.74, 6) is 1.51. The normalized spacial score (nSPS) is 10.7. The second-order valence-electron chi connectivity index (χ2n) is 4.74. The molecule has 0 saturated heterocycles. The molecule has 0 N–H and O–H groups in total. The SMILES string of the molecule is Cc1cccc(-c2noc(COc3ccc(Br)cc3Cl)n2)c1. The molecule has 0 amide bonds. The highest BCUT2D eigenvalue weighted by Gasteiger charge is 2.10. The Morgan fingerprint density at radius 2 is 2.09 bits per heavy atom. The van der Waals surface area contributed by atoms with Gasteiger partial charge in [0.1, 0.15) is 5.75 Å². The Hall–Kier alpha value is -1.85. The van der Waals surface area contributed by atoms with Crippen LogP contribution in [0.25, 0.3) is 11.4 Å². The van der Waals surface area contributed by atoms with Gasteiger partial charge in [0, 0.05) is 10.0 Å². The van der Waals surface area contributed by atoms with Crippen molar-refractivity contribution >= 4 is 27.5 Å². The molecule has 0 atom stereocenters. The molecule has 22 heavy (non-hydrogen) atoms. The van der Waals surface area contributed by atoms with Gasteiger partial charge < -0.3 is 9.26 Å². The maximum atomic E-state index is 6.09. The molecule has 3 rings (SSSR count). The maximum Gasteiger partial charge on any atom is 0.264 e. The van der Waals surface area contributed by atoms with Crippen molar-refractivity contribution in [2.24, 2.45) is 0 Å². The second-order valence-corrected chi connectivity index (χ2v) is 6.07. The van der Waals surface area contributed by atoms with Crippen LogP contribution in [0.1, 0.15) is 11.5 Å². The van der Waals surface area contributed by atoms with E-state index in [0.717, 1.165) is 15.6 Å². The van der Waals surface area contributed by atoms with Gasteiger partial charge in [0.25, 0.3) is 5.89 Å². The van der Waals surface area contributed by atoms with Crippen LogP contribution in [0.3, 0.4) is 0 Å². The van der Waals surface area contributed by atoms with Crippen molar-refractivity contribution in [3.05, 3.63) is 63.4 Å². The molecule has 0 aliphatic heterocycles. The number of hydrogen-bond donors (Lipinski definition) is 0. The summed E-state index contributed by atoms with van der Waals surface area (Å²) in [4.78, 5) is 4.33. The average Bonchev–Trinajstić information content (AvgIpc) is 2.95. The highest BCUT2D eigenvalue weighted by Crippen LogP contribution is 2.28. The average molecular weight is 380 g/mol. The van der Waals surface area contributed by atoms with Crippen molar-refractivity contribution in [3.63, 3.8) is 0 Å². The predicted molar refractivity (Wildman–Crippen MR) is 88.0 cm³/mol. The standard InChI is InChI=1S/C16H12BrClN2O2/c1-10-3-2-4-11(7-10)16-19-15(22-20-16)9-21-14-6-5-12(17)8-13(14)18/h2-8H,9H2,1H3. The molecular formula is C16H12BrClN2O2. The van der Waals surface area contributed by atoms with Crippen LogP contribution in [0.5, 0.6) is 5.75 Å². The van der Waals surface area contributed by atoms with E-state index in [1.165, 1.54) is 0 Å². The Kier molecular flexibility index (Phi) is 4.45. The summed E-state index contributed by atoms with van der Waals surface area (Å²) in [7, 11) is 0. The Labute approximate surface area is 141 Å². The fourth-order valence-corrected chi connectivity index (χ4v) is 2.67. The molecule has 2 aromatic carbocycles. The minimum atomic E-state index is 0.167. The van der Waals surface area contributed by atoms with E-state index in [2.05, 4.69) is 26.1 Å². The van der Waals surface area contributed by atoms with Crippen LogP contribution < -0.4 is 4.74 Å². The van der Waals surface area contributed by atoms with Gasteiger partial charge >= 0.3 is 0 Å². The van der Waals surface area contributed by atoms with Gasteiger partial charge in [-0.3, -0.25) is 0 Å². The van der Waals surface area contributed by atoms with Crippen molar-refractivity contribution in [1.82, 2.24) is 10.1 Å². The smallest absolute Gasteiger partial charge is 0.264 e. The summed E-state index contributed by atoms with van der Waals surface area (Å²) in [5.41, 5.74) is 2.05. The number of nitrogens with zero attached hydrogens (tertiary/aromatic N) is 2. The van der Waals surface area contributed by atoms with Crippen LogP contribution >= 0.6 is 27.5 Å². The van der Waals surface area contributed by atoms with Crippen LogP contribution in [0.2, 0.25) is 5.02 Å². The molecule has 6 heteroatoms. The fourth-order valence-electron chi connectivity index (χ4n) is 1.95. The first-order valence-corrected chi connectivity index (χ1v) is 7.76. The Bertz CT molecular complexity index is 804. The summed E-state index contributed by atoms with van der Waals surface area (Å²) >= 11 is 9.44. The minimum Gasteiger partial charge on any atom is -0.482 e. The summed E-state index contributed by atoms with van der Waals surface area (Å²) < 4.78 is 11.7. The molecule has 1 aromatic heterocycles. The molecule has 1 heterocycles. The van der Waals surface area contributed by atoms with E-state index in [-0.39, 0.29) is 6.61 Å².